The van der Waals surface area contributed by atoms with E-state index in [1.54, 1.807) is 28.9 Å². The van der Waals surface area contributed by atoms with Crippen molar-refractivity contribution in [2.24, 2.45) is 0 Å². The van der Waals surface area contributed by atoms with Crippen molar-refractivity contribution in [3.8, 4) is 5.75 Å². The van der Waals surface area contributed by atoms with Crippen molar-refractivity contribution in [2.45, 2.75) is 19.4 Å². The monoisotopic (exact) mass is 388 g/mol. The van der Waals surface area contributed by atoms with Gasteiger partial charge in [-0.25, -0.2) is 8.78 Å². The van der Waals surface area contributed by atoms with Crippen LogP contribution in [0.15, 0.2) is 48.5 Å². The second kappa shape index (κ2) is 8.82. The maximum atomic E-state index is 13.0. The molecule has 2 aromatic rings. The van der Waals surface area contributed by atoms with Crippen molar-refractivity contribution in [3.05, 3.63) is 65.7 Å². The highest BCUT2D eigenvalue weighted by Crippen LogP contribution is 2.15. The normalized spacial score (nSPS) is 15.2. The summed E-state index contributed by atoms with van der Waals surface area (Å²) in [6.07, 6.45) is -0.495. The molecule has 1 aliphatic rings. The summed E-state index contributed by atoms with van der Waals surface area (Å²) < 4.78 is 31.5. The molecule has 3 rings (SSSR count). The van der Waals surface area contributed by atoms with Crippen LogP contribution in [-0.2, 0) is 16.0 Å². The Bertz CT molecular complexity index is 817. The van der Waals surface area contributed by atoms with Gasteiger partial charge in [-0.15, -0.1) is 0 Å². The Kier molecular flexibility index (Phi) is 6.23. The molecule has 0 aliphatic carbocycles. The van der Waals surface area contributed by atoms with Crippen LogP contribution in [0.2, 0.25) is 0 Å². The Morgan fingerprint density at radius 3 is 1.96 bits per heavy atom. The van der Waals surface area contributed by atoms with Gasteiger partial charge < -0.3 is 14.5 Å². The highest BCUT2D eigenvalue weighted by molar-refractivity contribution is 5.82. The molecule has 2 aromatic carbocycles. The molecule has 0 spiro atoms. The van der Waals surface area contributed by atoms with Gasteiger partial charge in [-0.2, -0.15) is 0 Å². The lowest BCUT2D eigenvalue weighted by atomic mass is 10.1. The lowest BCUT2D eigenvalue weighted by Crippen LogP contribution is -2.53. The Hall–Kier alpha value is -2.96. The van der Waals surface area contributed by atoms with Crippen LogP contribution in [0.4, 0.5) is 8.78 Å². The molecule has 2 amide bonds. The zero-order valence-electron chi connectivity index (χ0n) is 15.6. The van der Waals surface area contributed by atoms with Gasteiger partial charge in [0, 0.05) is 26.2 Å². The number of rotatable bonds is 5. The number of halogens is 2. The molecule has 0 bridgehead atoms. The first-order valence-electron chi connectivity index (χ1n) is 9.15. The molecule has 0 radical (unpaired) electrons. The summed E-state index contributed by atoms with van der Waals surface area (Å²) in [4.78, 5) is 28.3. The molecule has 7 heteroatoms. The summed E-state index contributed by atoms with van der Waals surface area (Å²) in [7, 11) is 0. The van der Waals surface area contributed by atoms with E-state index in [2.05, 4.69) is 0 Å². The van der Waals surface area contributed by atoms with E-state index in [1.807, 2.05) is 0 Å². The van der Waals surface area contributed by atoms with E-state index in [4.69, 9.17) is 4.74 Å². The van der Waals surface area contributed by atoms with Gasteiger partial charge in [0.2, 0.25) is 5.91 Å². The Morgan fingerprint density at radius 2 is 1.39 bits per heavy atom. The van der Waals surface area contributed by atoms with Crippen LogP contribution in [0.25, 0.3) is 0 Å². The van der Waals surface area contributed by atoms with Gasteiger partial charge in [-0.3, -0.25) is 9.59 Å². The molecule has 0 aromatic heterocycles. The minimum atomic E-state index is -0.702. The first-order chi connectivity index (χ1) is 13.4. The van der Waals surface area contributed by atoms with Crippen LogP contribution < -0.4 is 4.74 Å². The van der Waals surface area contributed by atoms with E-state index in [0.717, 1.165) is 5.56 Å². The maximum absolute atomic E-state index is 13.0. The molecule has 28 heavy (non-hydrogen) atoms. The molecule has 148 valence electrons. The van der Waals surface area contributed by atoms with Gasteiger partial charge >= 0.3 is 0 Å². The largest absolute Gasteiger partial charge is 0.481 e. The fraction of sp³-hybridized carbons (Fsp3) is 0.333. The highest BCUT2D eigenvalue weighted by Gasteiger charge is 2.27. The molecule has 1 atom stereocenters. The van der Waals surface area contributed by atoms with Gasteiger partial charge in [0.05, 0.1) is 6.42 Å². The molecule has 1 aliphatic heterocycles. The summed E-state index contributed by atoms with van der Waals surface area (Å²) in [5.41, 5.74) is 0.756. The molecular formula is C21H22F2N2O3. The predicted molar refractivity (Wildman–Crippen MR) is 99.8 cm³/mol. The minimum absolute atomic E-state index is 0.0469. The number of benzene rings is 2. The predicted octanol–water partition coefficient (Wildman–Crippen LogP) is 2.65. The average Bonchev–Trinajstić information content (AvgIpc) is 2.71. The molecule has 0 N–H and O–H groups in total. The van der Waals surface area contributed by atoms with Gasteiger partial charge in [0.15, 0.2) is 6.10 Å². The van der Waals surface area contributed by atoms with E-state index in [1.165, 1.54) is 36.4 Å². The summed E-state index contributed by atoms with van der Waals surface area (Å²) >= 11 is 0. The summed E-state index contributed by atoms with van der Waals surface area (Å²) in [5.74, 6) is -0.493. The lowest BCUT2D eigenvalue weighted by molar-refractivity contribution is -0.143. The van der Waals surface area contributed by atoms with Crippen molar-refractivity contribution in [3.63, 3.8) is 0 Å². The molecular weight excluding hydrogens is 366 g/mol. The van der Waals surface area contributed by atoms with Crippen LogP contribution in [0, 0.1) is 11.6 Å². The molecule has 1 saturated heterocycles. The Labute approximate surface area is 162 Å². The fourth-order valence-electron chi connectivity index (χ4n) is 3.09. The molecule has 0 saturated carbocycles. The third-order valence-corrected chi connectivity index (χ3v) is 4.69. The van der Waals surface area contributed by atoms with Crippen molar-refractivity contribution in [2.75, 3.05) is 26.2 Å². The van der Waals surface area contributed by atoms with Crippen LogP contribution in [-0.4, -0.2) is 53.9 Å². The zero-order chi connectivity index (χ0) is 20.1. The number of hydrogen-bond acceptors (Lipinski definition) is 3. The molecule has 5 nitrogen and oxygen atoms in total. The molecule has 1 heterocycles. The van der Waals surface area contributed by atoms with Crippen molar-refractivity contribution >= 4 is 11.8 Å². The first kappa shape index (κ1) is 19.8. The Morgan fingerprint density at radius 1 is 0.893 bits per heavy atom. The number of piperazine rings is 1. The van der Waals surface area contributed by atoms with Gasteiger partial charge in [0.25, 0.3) is 5.91 Å². The van der Waals surface area contributed by atoms with Crippen LogP contribution in [0.5, 0.6) is 5.75 Å². The third kappa shape index (κ3) is 5.06. The molecule has 1 fully saturated rings. The number of carbonyl (C=O) groups is 2. The number of ether oxygens (including phenoxy) is 1. The molecule has 1 unspecified atom stereocenters. The number of nitrogens with zero attached hydrogens (tertiary/aromatic N) is 2. The maximum Gasteiger partial charge on any atom is 0.263 e. The van der Waals surface area contributed by atoms with Gasteiger partial charge in [-0.05, 0) is 48.9 Å². The zero-order valence-corrected chi connectivity index (χ0v) is 15.6. The standard InChI is InChI=1S/C21H22F2N2O3/c1-15(28-19-8-6-18(23)7-9-19)21(27)25-12-10-24(11-13-25)20(26)14-16-2-4-17(22)5-3-16/h2-9,15H,10-14H2,1H3. The van der Waals surface area contributed by atoms with Gasteiger partial charge in [0.1, 0.15) is 17.4 Å². The van der Waals surface area contributed by atoms with Gasteiger partial charge in [-0.1, -0.05) is 12.1 Å². The highest BCUT2D eigenvalue weighted by atomic mass is 19.1. The topological polar surface area (TPSA) is 49.9 Å². The van der Waals surface area contributed by atoms with Crippen LogP contribution >= 0.6 is 0 Å². The number of hydrogen-bond donors (Lipinski definition) is 0. The van der Waals surface area contributed by atoms with E-state index in [-0.39, 0.29) is 29.9 Å². The Balaban J connectivity index is 1.48. The van der Waals surface area contributed by atoms with E-state index >= 15 is 0 Å². The summed E-state index contributed by atoms with van der Waals surface area (Å²) in [6.45, 7) is 3.37. The summed E-state index contributed by atoms with van der Waals surface area (Å²) in [5, 5.41) is 0. The smallest absolute Gasteiger partial charge is 0.263 e. The quantitative estimate of drug-likeness (QED) is 0.791. The van der Waals surface area contributed by atoms with Crippen molar-refractivity contribution in [1.29, 1.82) is 0 Å². The second-order valence-electron chi connectivity index (χ2n) is 6.72. The summed E-state index contributed by atoms with van der Waals surface area (Å²) in [6, 6.07) is 11.4. The lowest BCUT2D eigenvalue weighted by Gasteiger charge is -2.36. The third-order valence-electron chi connectivity index (χ3n) is 4.69. The second-order valence-corrected chi connectivity index (χ2v) is 6.72. The van der Waals surface area contributed by atoms with Crippen LogP contribution in [0.1, 0.15) is 12.5 Å². The van der Waals surface area contributed by atoms with Crippen molar-refractivity contribution in [1.82, 2.24) is 9.80 Å². The first-order valence-corrected chi connectivity index (χ1v) is 9.15. The SMILES string of the molecule is CC(Oc1ccc(F)cc1)C(=O)N1CCN(C(=O)Cc2ccc(F)cc2)CC1. The van der Waals surface area contributed by atoms with E-state index in [0.29, 0.717) is 31.9 Å². The number of amides is 2. The average molecular weight is 388 g/mol. The number of carbonyl (C=O) groups excluding carboxylic acids is 2. The van der Waals surface area contributed by atoms with Crippen molar-refractivity contribution < 1.29 is 23.1 Å². The fourth-order valence-corrected chi connectivity index (χ4v) is 3.09. The van der Waals surface area contributed by atoms with Crippen LogP contribution in [0.3, 0.4) is 0 Å². The minimum Gasteiger partial charge on any atom is -0.481 e. The van der Waals surface area contributed by atoms with E-state index in [9.17, 15) is 18.4 Å². The van der Waals surface area contributed by atoms with E-state index < -0.39 is 6.10 Å².